The van der Waals surface area contributed by atoms with Crippen molar-refractivity contribution in [2.75, 3.05) is 26.2 Å². The van der Waals surface area contributed by atoms with Crippen molar-refractivity contribution in [1.29, 1.82) is 0 Å². The molecule has 0 atom stereocenters. The van der Waals surface area contributed by atoms with Crippen molar-refractivity contribution in [3.05, 3.63) is 77.4 Å². The van der Waals surface area contributed by atoms with Crippen LogP contribution in [0.3, 0.4) is 0 Å². The van der Waals surface area contributed by atoms with Crippen molar-refractivity contribution in [1.82, 2.24) is 9.80 Å². The number of amides is 1. The summed E-state index contributed by atoms with van der Waals surface area (Å²) >= 11 is 0. The highest BCUT2D eigenvalue weighted by atomic mass is 16.2. The standard InChI is InChI=1S/C26H32N2O/c29-26(28-20-16-24-10-4-5-11-25(24)21-28)13-12-23-14-18-27(19-15-23)17-6-9-22-7-2-1-3-8-22/h1-11,23H,12-21H2. The fraction of sp³-hybridized carbons (Fsp3) is 0.423. The number of rotatable bonds is 6. The lowest BCUT2D eigenvalue weighted by Crippen LogP contribution is -2.37. The summed E-state index contributed by atoms with van der Waals surface area (Å²) in [5, 5.41) is 0. The van der Waals surface area contributed by atoms with E-state index in [0.29, 0.717) is 18.2 Å². The Labute approximate surface area is 175 Å². The van der Waals surface area contributed by atoms with E-state index < -0.39 is 0 Å². The van der Waals surface area contributed by atoms with E-state index in [1.807, 2.05) is 0 Å². The van der Waals surface area contributed by atoms with Gasteiger partial charge in [-0.3, -0.25) is 9.69 Å². The minimum absolute atomic E-state index is 0.340. The molecule has 0 radical (unpaired) electrons. The molecule has 2 aliphatic heterocycles. The van der Waals surface area contributed by atoms with E-state index in [4.69, 9.17) is 0 Å². The number of likely N-dealkylation sites (tertiary alicyclic amines) is 1. The van der Waals surface area contributed by atoms with Crippen molar-refractivity contribution in [3.63, 3.8) is 0 Å². The average Bonchev–Trinajstić information content (AvgIpc) is 2.79. The van der Waals surface area contributed by atoms with Gasteiger partial charge in [0.1, 0.15) is 0 Å². The summed E-state index contributed by atoms with van der Waals surface area (Å²) in [6.45, 7) is 4.99. The largest absolute Gasteiger partial charge is 0.338 e. The number of benzene rings is 2. The third-order valence-electron chi connectivity index (χ3n) is 6.43. The molecule has 0 aliphatic carbocycles. The highest BCUT2D eigenvalue weighted by Crippen LogP contribution is 2.24. The van der Waals surface area contributed by atoms with Crippen molar-refractivity contribution >= 4 is 12.0 Å². The van der Waals surface area contributed by atoms with Gasteiger partial charge >= 0.3 is 0 Å². The van der Waals surface area contributed by atoms with E-state index in [1.54, 1.807) is 0 Å². The van der Waals surface area contributed by atoms with E-state index in [0.717, 1.165) is 45.6 Å². The first-order chi connectivity index (χ1) is 14.3. The Morgan fingerprint density at radius 1 is 0.931 bits per heavy atom. The van der Waals surface area contributed by atoms with Gasteiger partial charge in [-0.2, -0.15) is 0 Å². The Balaban J connectivity index is 1.16. The van der Waals surface area contributed by atoms with Crippen molar-refractivity contribution < 1.29 is 4.79 Å². The van der Waals surface area contributed by atoms with Gasteiger partial charge in [-0.15, -0.1) is 0 Å². The molecule has 3 heteroatoms. The van der Waals surface area contributed by atoms with Gasteiger partial charge in [0, 0.05) is 26.1 Å². The molecule has 1 fully saturated rings. The summed E-state index contributed by atoms with van der Waals surface area (Å²) in [7, 11) is 0. The molecule has 1 saturated heterocycles. The van der Waals surface area contributed by atoms with Crippen LogP contribution in [-0.2, 0) is 17.8 Å². The van der Waals surface area contributed by atoms with Gasteiger partial charge in [0.15, 0.2) is 0 Å². The zero-order valence-electron chi connectivity index (χ0n) is 17.3. The van der Waals surface area contributed by atoms with Crippen LogP contribution in [0.15, 0.2) is 60.7 Å². The normalized spacial score (nSPS) is 18.1. The molecule has 4 rings (SSSR count). The lowest BCUT2D eigenvalue weighted by molar-refractivity contribution is -0.132. The molecule has 29 heavy (non-hydrogen) atoms. The predicted octanol–water partition coefficient (Wildman–Crippen LogP) is 4.78. The first kappa shape index (κ1) is 19.9. The number of carbonyl (C=O) groups excluding carboxylic acids is 1. The Morgan fingerprint density at radius 2 is 1.66 bits per heavy atom. The van der Waals surface area contributed by atoms with Crippen LogP contribution in [0.5, 0.6) is 0 Å². The maximum Gasteiger partial charge on any atom is 0.222 e. The van der Waals surface area contributed by atoms with Crippen LogP contribution in [-0.4, -0.2) is 41.9 Å². The molecule has 152 valence electrons. The Kier molecular flexibility index (Phi) is 6.79. The molecule has 0 N–H and O–H groups in total. The van der Waals surface area contributed by atoms with Crippen LogP contribution in [0.4, 0.5) is 0 Å². The van der Waals surface area contributed by atoms with Crippen LogP contribution in [0.1, 0.15) is 42.4 Å². The fourth-order valence-corrected chi connectivity index (χ4v) is 4.55. The molecule has 0 bridgehead atoms. The maximum absolute atomic E-state index is 12.7. The second kappa shape index (κ2) is 9.89. The molecule has 0 saturated carbocycles. The predicted molar refractivity (Wildman–Crippen MR) is 119 cm³/mol. The first-order valence-corrected chi connectivity index (χ1v) is 11.1. The highest BCUT2D eigenvalue weighted by Gasteiger charge is 2.23. The zero-order chi connectivity index (χ0) is 19.9. The second-order valence-corrected chi connectivity index (χ2v) is 8.43. The quantitative estimate of drug-likeness (QED) is 0.711. The molecule has 2 aromatic carbocycles. The SMILES string of the molecule is O=C(CCC1CCN(CC=Cc2ccccc2)CC1)N1CCc2ccccc2C1. The third-order valence-corrected chi connectivity index (χ3v) is 6.43. The lowest BCUT2D eigenvalue weighted by Gasteiger charge is -2.32. The Bertz CT molecular complexity index is 822. The van der Waals surface area contributed by atoms with Gasteiger partial charge in [-0.05, 0) is 61.4 Å². The van der Waals surface area contributed by atoms with E-state index in [9.17, 15) is 4.79 Å². The minimum atomic E-state index is 0.340. The van der Waals surface area contributed by atoms with Crippen LogP contribution < -0.4 is 0 Å². The molecule has 2 aliphatic rings. The average molecular weight is 389 g/mol. The van der Waals surface area contributed by atoms with Crippen LogP contribution >= 0.6 is 0 Å². The highest BCUT2D eigenvalue weighted by molar-refractivity contribution is 5.76. The third kappa shape index (κ3) is 5.57. The molecule has 0 aromatic heterocycles. The summed E-state index contributed by atoms with van der Waals surface area (Å²) in [5.74, 6) is 1.04. The fourth-order valence-electron chi connectivity index (χ4n) is 4.55. The van der Waals surface area contributed by atoms with E-state index in [1.165, 1.54) is 29.5 Å². The van der Waals surface area contributed by atoms with Crippen molar-refractivity contribution in [2.45, 2.75) is 38.6 Å². The number of nitrogens with zero attached hydrogens (tertiary/aromatic N) is 2. The van der Waals surface area contributed by atoms with Crippen LogP contribution in [0.25, 0.3) is 6.08 Å². The molecule has 2 heterocycles. The molecule has 3 nitrogen and oxygen atoms in total. The van der Waals surface area contributed by atoms with E-state index >= 15 is 0 Å². The molecule has 2 aromatic rings. The molecular weight excluding hydrogens is 356 g/mol. The number of carbonyl (C=O) groups is 1. The Morgan fingerprint density at radius 3 is 2.45 bits per heavy atom. The molecule has 0 spiro atoms. The number of hydrogen-bond donors (Lipinski definition) is 0. The minimum Gasteiger partial charge on any atom is -0.338 e. The topological polar surface area (TPSA) is 23.6 Å². The van der Waals surface area contributed by atoms with Gasteiger partial charge in [0.05, 0.1) is 0 Å². The van der Waals surface area contributed by atoms with Crippen molar-refractivity contribution in [3.8, 4) is 0 Å². The van der Waals surface area contributed by atoms with E-state index in [-0.39, 0.29) is 0 Å². The smallest absolute Gasteiger partial charge is 0.222 e. The number of piperidine rings is 1. The summed E-state index contributed by atoms with van der Waals surface area (Å²) in [6.07, 6.45) is 9.67. The van der Waals surface area contributed by atoms with Crippen LogP contribution in [0, 0.1) is 5.92 Å². The van der Waals surface area contributed by atoms with Crippen LogP contribution in [0.2, 0.25) is 0 Å². The summed E-state index contributed by atoms with van der Waals surface area (Å²) in [6, 6.07) is 19.0. The summed E-state index contributed by atoms with van der Waals surface area (Å²) < 4.78 is 0. The van der Waals surface area contributed by atoms with Crippen molar-refractivity contribution in [2.24, 2.45) is 5.92 Å². The van der Waals surface area contributed by atoms with Gasteiger partial charge in [0.25, 0.3) is 0 Å². The van der Waals surface area contributed by atoms with E-state index in [2.05, 4.69) is 76.5 Å². The Hall–Kier alpha value is -2.39. The molecular formula is C26H32N2O. The number of fused-ring (bicyclic) bond motifs is 1. The molecule has 1 amide bonds. The zero-order valence-corrected chi connectivity index (χ0v) is 17.3. The molecule has 0 unspecified atom stereocenters. The van der Waals surface area contributed by atoms with Gasteiger partial charge < -0.3 is 4.90 Å². The maximum atomic E-state index is 12.7. The summed E-state index contributed by atoms with van der Waals surface area (Å²) in [5.41, 5.74) is 4.00. The monoisotopic (exact) mass is 388 g/mol. The van der Waals surface area contributed by atoms with Gasteiger partial charge in [0.2, 0.25) is 5.91 Å². The van der Waals surface area contributed by atoms with Gasteiger partial charge in [-0.25, -0.2) is 0 Å². The van der Waals surface area contributed by atoms with Gasteiger partial charge in [-0.1, -0.05) is 66.7 Å². The second-order valence-electron chi connectivity index (χ2n) is 8.43. The lowest BCUT2D eigenvalue weighted by atomic mass is 9.91. The first-order valence-electron chi connectivity index (χ1n) is 11.1. The number of hydrogen-bond acceptors (Lipinski definition) is 2. The summed E-state index contributed by atoms with van der Waals surface area (Å²) in [4.78, 5) is 17.3.